The molecule has 0 fully saturated rings. The van der Waals surface area contributed by atoms with E-state index in [1.807, 2.05) is 36.4 Å². The van der Waals surface area contributed by atoms with Crippen molar-refractivity contribution in [1.29, 1.82) is 0 Å². The van der Waals surface area contributed by atoms with Crippen molar-refractivity contribution in [2.24, 2.45) is 0 Å². The van der Waals surface area contributed by atoms with Crippen LogP contribution >= 0.6 is 0 Å². The van der Waals surface area contributed by atoms with Gasteiger partial charge in [-0.25, -0.2) is 9.97 Å². The fourth-order valence-electron chi connectivity index (χ4n) is 1.90. The molecule has 2 heterocycles. The third-order valence-corrected chi connectivity index (χ3v) is 2.81. The molecule has 1 N–H and O–H groups in total. The number of amides is 1. The number of anilines is 1. The first kappa shape index (κ1) is 12.2. The summed E-state index contributed by atoms with van der Waals surface area (Å²) in [6.07, 6.45) is 3.36. The maximum atomic E-state index is 11.9. The monoisotopic (exact) mass is 264 g/mol. The van der Waals surface area contributed by atoms with Gasteiger partial charge in [-0.05, 0) is 18.2 Å². The Morgan fingerprint density at radius 1 is 1.00 bits per heavy atom. The highest BCUT2D eigenvalue weighted by molar-refractivity contribution is 5.90. The number of pyridine rings is 1. The fourth-order valence-corrected chi connectivity index (χ4v) is 1.90. The van der Waals surface area contributed by atoms with Gasteiger partial charge in [-0.15, -0.1) is 0 Å². The van der Waals surface area contributed by atoms with Crippen LogP contribution in [0.4, 0.5) is 5.95 Å². The van der Waals surface area contributed by atoms with Crippen LogP contribution in [0.25, 0.3) is 10.9 Å². The summed E-state index contributed by atoms with van der Waals surface area (Å²) in [4.78, 5) is 24.2. The molecule has 2 aromatic heterocycles. The van der Waals surface area contributed by atoms with Crippen LogP contribution < -0.4 is 5.32 Å². The largest absolute Gasteiger partial charge is 0.294 e. The second-order valence-corrected chi connectivity index (χ2v) is 4.29. The van der Waals surface area contributed by atoms with Crippen molar-refractivity contribution in [3.63, 3.8) is 0 Å². The van der Waals surface area contributed by atoms with Crippen LogP contribution in [0, 0.1) is 0 Å². The van der Waals surface area contributed by atoms with Gasteiger partial charge in [-0.1, -0.05) is 24.3 Å². The zero-order valence-corrected chi connectivity index (χ0v) is 10.7. The molecule has 1 aromatic carbocycles. The molecule has 0 saturated carbocycles. The van der Waals surface area contributed by atoms with E-state index in [1.54, 1.807) is 18.5 Å². The van der Waals surface area contributed by atoms with Crippen molar-refractivity contribution in [2.45, 2.75) is 6.42 Å². The molecule has 3 rings (SSSR count). The van der Waals surface area contributed by atoms with Crippen molar-refractivity contribution in [2.75, 3.05) is 5.32 Å². The van der Waals surface area contributed by atoms with Gasteiger partial charge < -0.3 is 0 Å². The van der Waals surface area contributed by atoms with Crippen LogP contribution in [0.15, 0.2) is 54.9 Å². The number of nitrogens with zero attached hydrogens (tertiary/aromatic N) is 3. The summed E-state index contributed by atoms with van der Waals surface area (Å²) in [6, 6.07) is 13.3. The van der Waals surface area contributed by atoms with Crippen molar-refractivity contribution in [1.82, 2.24) is 15.0 Å². The average Bonchev–Trinajstić information content (AvgIpc) is 2.48. The second-order valence-electron chi connectivity index (χ2n) is 4.29. The Morgan fingerprint density at radius 3 is 2.65 bits per heavy atom. The first-order chi connectivity index (χ1) is 9.81. The molecule has 98 valence electrons. The zero-order valence-electron chi connectivity index (χ0n) is 10.7. The third kappa shape index (κ3) is 2.77. The zero-order chi connectivity index (χ0) is 13.8. The number of rotatable bonds is 3. The first-order valence-electron chi connectivity index (χ1n) is 6.23. The van der Waals surface area contributed by atoms with E-state index in [9.17, 15) is 4.79 Å². The van der Waals surface area contributed by atoms with Crippen LogP contribution in [0.2, 0.25) is 0 Å². The summed E-state index contributed by atoms with van der Waals surface area (Å²) < 4.78 is 0. The summed E-state index contributed by atoms with van der Waals surface area (Å²) in [5.74, 6) is 0.122. The molecule has 0 aliphatic carbocycles. The number of hydrogen-bond donors (Lipinski definition) is 1. The highest BCUT2D eigenvalue weighted by Crippen LogP contribution is 2.12. The number of hydrogen-bond acceptors (Lipinski definition) is 4. The lowest BCUT2D eigenvalue weighted by atomic mass is 10.2. The van der Waals surface area contributed by atoms with E-state index in [0.29, 0.717) is 5.95 Å². The van der Waals surface area contributed by atoms with Crippen LogP contribution in [-0.4, -0.2) is 20.9 Å². The minimum atomic E-state index is -0.181. The molecule has 0 atom stereocenters. The standard InChI is InChI=1S/C15H12N4O/c20-14(19-15-16-8-3-9-17-15)10-12-7-6-11-4-1-2-5-13(11)18-12/h1-9H,10H2,(H,16,17,19,20). The van der Waals surface area contributed by atoms with Crippen LogP contribution in [0.1, 0.15) is 5.69 Å². The maximum absolute atomic E-state index is 11.9. The Bertz CT molecular complexity index is 743. The summed E-state index contributed by atoms with van der Waals surface area (Å²) in [6.45, 7) is 0. The number of fused-ring (bicyclic) bond motifs is 1. The second kappa shape index (κ2) is 5.44. The molecule has 20 heavy (non-hydrogen) atoms. The molecule has 3 aromatic rings. The van der Waals surface area contributed by atoms with E-state index in [0.717, 1.165) is 16.6 Å². The van der Waals surface area contributed by atoms with Gasteiger partial charge in [0.15, 0.2) is 0 Å². The topological polar surface area (TPSA) is 67.8 Å². The molecule has 0 unspecified atom stereocenters. The van der Waals surface area contributed by atoms with Crippen molar-refractivity contribution in [3.8, 4) is 0 Å². The van der Waals surface area contributed by atoms with Crippen molar-refractivity contribution < 1.29 is 4.79 Å². The van der Waals surface area contributed by atoms with E-state index in [4.69, 9.17) is 0 Å². The van der Waals surface area contributed by atoms with Crippen LogP contribution in [0.5, 0.6) is 0 Å². The molecule has 1 amide bonds. The van der Waals surface area contributed by atoms with E-state index in [2.05, 4.69) is 20.3 Å². The van der Waals surface area contributed by atoms with Crippen molar-refractivity contribution in [3.05, 3.63) is 60.6 Å². The van der Waals surface area contributed by atoms with Gasteiger partial charge in [0.25, 0.3) is 0 Å². The Kier molecular flexibility index (Phi) is 3.33. The molecule has 0 aliphatic rings. The normalized spacial score (nSPS) is 10.4. The Hall–Kier alpha value is -2.82. The highest BCUT2D eigenvalue weighted by Gasteiger charge is 2.07. The lowest BCUT2D eigenvalue weighted by molar-refractivity contribution is -0.115. The van der Waals surface area contributed by atoms with Crippen LogP contribution in [0.3, 0.4) is 0 Å². The number of nitrogens with one attached hydrogen (secondary N) is 1. The Labute approximate surface area is 115 Å². The summed E-state index contributed by atoms with van der Waals surface area (Å²) in [5, 5.41) is 3.70. The fraction of sp³-hybridized carbons (Fsp3) is 0.0667. The van der Waals surface area contributed by atoms with E-state index in [1.165, 1.54) is 0 Å². The molecule has 0 radical (unpaired) electrons. The number of carbonyl (C=O) groups excluding carboxylic acids is 1. The maximum Gasteiger partial charge on any atom is 0.232 e. The summed E-state index contributed by atoms with van der Waals surface area (Å²) >= 11 is 0. The number of aromatic nitrogens is 3. The molecule has 0 spiro atoms. The summed E-state index contributed by atoms with van der Waals surface area (Å²) in [7, 11) is 0. The van der Waals surface area contributed by atoms with Gasteiger partial charge in [0.05, 0.1) is 17.6 Å². The Morgan fingerprint density at radius 2 is 1.80 bits per heavy atom. The number of para-hydroxylation sites is 1. The molecule has 5 heteroatoms. The predicted molar refractivity (Wildman–Crippen MR) is 76.1 cm³/mol. The lowest BCUT2D eigenvalue weighted by Gasteiger charge is -2.04. The van der Waals surface area contributed by atoms with Gasteiger partial charge in [0, 0.05) is 17.8 Å². The van der Waals surface area contributed by atoms with E-state index < -0.39 is 0 Å². The SMILES string of the molecule is O=C(Cc1ccc2ccccc2n1)Nc1ncccn1. The third-order valence-electron chi connectivity index (χ3n) is 2.81. The van der Waals surface area contributed by atoms with Crippen LogP contribution in [-0.2, 0) is 11.2 Å². The average molecular weight is 264 g/mol. The lowest BCUT2D eigenvalue weighted by Crippen LogP contribution is -2.16. The molecular formula is C15H12N4O. The summed E-state index contributed by atoms with van der Waals surface area (Å²) in [5.41, 5.74) is 1.60. The van der Waals surface area contributed by atoms with E-state index in [-0.39, 0.29) is 12.3 Å². The minimum absolute atomic E-state index is 0.181. The molecule has 5 nitrogen and oxygen atoms in total. The molecular weight excluding hydrogens is 252 g/mol. The van der Waals surface area contributed by atoms with Gasteiger partial charge in [0.1, 0.15) is 0 Å². The molecule has 0 aliphatic heterocycles. The number of benzene rings is 1. The highest BCUT2D eigenvalue weighted by atomic mass is 16.1. The predicted octanol–water partition coefficient (Wildman–Crippen LogP) is 2.21. The van der Waals surface area contributed by atoms with Gasteiger partial charge >= 0.3 is 0 Å². The van der Waals surface area contributed by atoms with Gasteiger partial charge in [-0.2, -0.15) is 0 Å². The minimum Gasteiger partial charge on any atom is -0.294 e. The Balaban J connectivity index is 1.74. The molecule has 0 bridgehead atoms. The van der Waals surface area contributed by atoms with Gasteiger partial charge in [0.2, 0.25) is 11.9 Å². The quantitative estimate of drug-likeness (QED) is 0.787. The van der Waals surface area contributed by atoms with Gasteiger partial charge in [-0.3, -0.25) is 15.1 Å². The number of carbonyl (C=O) groups is 1. The first-order valence-corrected chi connectivity index (χ1v) is 6.23. The van der Waals surface area contributed by atoms with E-state index >= 15 is 0 Å². The van der Waals surface area contributed by atoms with Crippen molar-refractivity contribution >= 4 is 22.8 Å². The molecule has 0 saturated heterocycles. The smallest absolute Gasteiger partial charge is 0.232 e.